The molecule has 21 heavy (non-hydrogen) atoms. The lowest BCUT2D eigenvalue weighted by atomic mass is 10.4. The zero-order chi connectivity index (χ0) is 16.3. The first-order chi connectivity index (χ1) is 9.49. The van der Waals surface area contributed by atoms with Crippen molar-refractivity contribution in [2.24, 2.45) is 12.2 Å². The molecule has 8 nitrogen and oxygen atoms in total. The molecular formula is C9H13F3N4O4S. The second kappa shape index (κ2) is 6.41. The van der Waals surface area contributed by atoms with Crippen molar-refractivity contribution in [3.8, 4) is 0 Å². The molecule has 1 rings (SSSR count). The van der Waals surface area contributed by atoms with Gasteiger partial charge in [-0.25, -0.2) is 13.6 Å². The van der Waals surface area contributed by atoms with E-state index in [0.29, 0.717) is 0 Å². The van der Waals surface area contributed by atoms with Gasteiger partial charge in [0, 0.05) is 13.2 Å². The van der Waals surface area contributed by atoms with Crippen molar-refractivity contribution >= 4 is 21.7 Å². The van der Waals surface area contributed by atoms with Crippen LogP contribution in [0.5, 0.6) is 0 Å². The number of sulfonamides is 1. The molecule has 0 radical (unpaired) electrons. The number of amides is 1. The molecule has 3 N–H and O–H groups in total. The van der Waals surface area contributed by atoms with E-state index in [4.69, 9.17) is 5.14 Å². The number of primary sulfonamides is 1. The topological polar surface area (TPSA) is 116 Å². The molecule has 0 aliphatic rings. The van der Waals surface area contributed by atoms with Crippen LogP contribution in [0.4, 0.5) is 19.0 Å². The number of anilines is 1. The van der Waals surface area contributed by atoms with Gasteiger partial charge < -0.3 is 10.1 Å². The number of halogens is 3. The summed E-state index contributed by atoms with van der Waals surface area (Å²) in [7, 11) is -2.67. The van der Waals surface area contributed by atoms with E-state index in [0.717, 1.165) is 10.9 Å². The third kappa shape index (κ3) is 6.10. The van der Waals surface area contributed by atoms with E-state index >= 15 is 0 Å². The van der Waals surface area contributed by atoms with E-state index in [1.165, 1.54) is 7.05 Å². The number of carbonyl (C=O) groups is 1. The van der Waals surface area contributed by atoms with Gasteiger partial charge in [-0.2, -0.15) is 18.3 Å². The molecule has 0 aliphatic heterocycles. The molecule has 12 heteroatoms. The average Bonchev–Trinajstić information content (AvgIpc) is 2.64. The number of aryl methyl sites for hydroxylation is 1. The van der Waals surface area contributed by atoms with Gasteiger partial charge >= 0.3 is 6.18 Å². The van der Waals surface area contributed by atoms with Crippen molar-refractivity contribution in [2.75, 3.05) is 18.5 Å². The van der Waals surface area contributed by atoms with Gasteiger partial charge in [-0.3, -0.25) is 9.48 Å². The quantitative estimate of drug-likeness (QED) is 0.711. The van der Waals surface area contributed by atoms with Gasteiger partial charge in [-0.05, 0) is 0 Å². The highest BCUT2D eigenvalue weighted by Crippen LogP contribution is 2.17. The van der Waals surface area contributed by atoms with Crippen LogP contribution in [0.1, 0.15) is 6.42 Å². The number of alkyl halides is 3. The number of ether oxygens (including phenoxy) is 1. The fourth-order valence-electron chi connectivity index (χ4n) is 1.31. The maximum Gasteiger partial charge on any atom is 0.411 e. The molecule has 1 heterocycles. The number of hydrogen-bond donors (Lipinski definition) is 2. The molecule has 1 aromatic heterocycles. The number of carbonyl (C=O) groups excluding carboxylic acids is 1. The van der Waals surface area contributed by atoms with Crippen LogP contribution >= 0.6 is 0 Å². The van der Waals surface area contributed by atoms with Gasteiger partial charge in [0.05, 0.1) is 13.0 Å². The van der Waals surface area contributed by atoms with E-state index < -0.39 is 46.6 Å². The number of aromatic nitrogens is 2. The Morgan fingerprint density at radius 3 is 2.67 bits per heavy atom. The Labute approximate surface area is 118 Å². The summed E-state index contributed by atoms with van der Waals surface area (Å²) in [6.07, 6.45) is -3.78. The van der Waals surface area contributed by atoms with Crippen LogP contribution in [-0.2, 0) is 26.6 Å². The number of nitrogens with zero attached hydrogens (tertiary/aromatic N) is 2. The minimum absolute atomic E-state index is 0.291. The Hall–Kier alpha value is -1.66. The van der Waals surface area contributed by atoms with E-state index in [2.05, 4.69) is 15.2 Å². The summed E-state index contributed by atoms with van der Waals surface area (Å²) in [6.45, 7) is -1.94. The van der Waals surface area contributed by atoms with Crippen molar-refractivity contribution in [1.82, 2.24) is 9.78 Å². The van der Waals surface area contributed by atoms with Crippen LogP contribution in [0.2, 0.25) is 0 Å². The maximum absolute atomic E-state index is 11.8. The van der Waals surface area contributed by atoms with Gasteiger partial charge in [-0.15, -0.1) is 0 Å². The first-order valence-corrected chi connectivity index (χ1v) is 7.04. The van der Waals surface area contributed by atoms with Crippen LogP contribution in [-0.4, -0.2) is 43.5 Å². The minimum Gasteiger partial charge on any atom is -0.372 e. The summed E-state index contributed by atoms with van der Waals surface area (Å²) in [5.41, 5.74) is 0. The molecule has 0 unspecified atom stereocenters. The summed E-state index contributed by atoms with van der Waals surface area (Å²) < 4.78 is 63.2. The van der Waals surface area contributed by atoms with Gasteiger partial charge in [0.15, 0.2) is 5.82 Å². The van der Waals surface area contributed by atoms with Gasteiger partial charge in [0.1, 0.15) is 11.5 Å². The molecule has 1 amide bonds. The number of nitrogens with one attached hydrogen (secondary N) is 1. The summed E-state index contributed by atoms with van der Waals surface area (Å²) >= 11 is 0. The zero-order valence-electron chi connectivity index (χ0n) is 10.8. The third-order valence-electron chi connectivity index (χ3n) is 2.10. The van der Waals surface area contributed by atoms with E-state index in [9.17, 15) is 26.4 Å². The Morgan fingerprint density at radius 1 is 1.52 bits per heavy atom. The van der Waals surface area contributed by atoms with Crippen molar-refractivity contribution in [3.63, 3.8) is 0 Å². The van der Waals surface area contributed by atoms with Crippen molar-refractivity contribution < 1.29 is 31.1 Å². The van der Waals surface area contributed by atoms with E-state index in [-0.39, 0.29) is 5.82 Å². The summed E-state index contributed by atoms with van der Waals surface area (Å²) in [5, 5.41) is 10.8. The largest absolute Gasteiger partial charge is 0.411 e. The fourth-order valence-corrected chi connectivity index (χ4v) is 1.97. The zero-order valence-corrected chi connectivity index (χ0v) is 11.7. The number of rotatable bonds is 6. The van der Waals surface area contributed by atoms with Crippen molar-refractivity contribution in [3.05, 3.63) is 6.20 Å². The normalized spacial score (nSPS) is 12.4. The van der Waals surface area contributed by atoms with Crippen LogP contribution in [0.25, 0.3) is 0 Å². The first kappa shape index (κ1) is 17.4. The van der Waals surface area contributed by atoms with Gasteiger partial charge in [0.25, 0.3) is 0 Å². The molecule has 0 aliphatic carbocycles. The summed E-state index contributed by atoms with van der Waals surface area (Å²) in [5.74, 6) is -1.04. The lowest BCUT2D eigenvalue weighted by Crippen LogP contribution is -2.21. The van der Waals surface area contributed by atoms with Crippen molar-refractivity contribution in [2.45, 2.75) is 17.5 Å². The average molecular weight is 330 g/mol. The Kier molecular flexibility index (Phi) is 5.31. The molecule has 0 fully saturated rings. The Morgan fingerprint density at radius 2 is 2.14 bits per heavy atom. The van der Waals surface area contributed by atoms with E-state index in [1.54, 1.807) is 0 Å². The lowest BCUT2D eigenvalue weighted by molar-refractivity contribution is -0.174. The summed E-state index contributed by atoms with van der Waals surface area (Å²) in [4.78, 5) is 11.1. The highest BCUT2D eigenvalue weighted by molar-refractivity contribution is 7.89. The molecule has 0 saturated carbocycles. The van der Waals surface area contributed by atoms with Gasteiger partial charge in [0.2, 0.25) is 15.9 Å². The molecule has 0 atom stereocenters. The van der Waals surface area contributed by atoms with Crippen LogP contribution in [0.15, 0.2) is 11.1 Å². The molecule has 0 spiro atoms. The monoisotopic (exact) mass is 330 g/mol. The van der Waals surface area contributed by atoms with Crippen LogP contribution in [0, 0.1) is 0 Å². The van der Waals surface area contributed by atoms with Gasteiger partial charge in [-0.1, -0.05) is 0 Å². The minimum atomic E-state index is -4.47. The smallest absolute Gasteiger partial charge is 0.372 e. The van der Waals surface area contributed by atoms with Crippen LogP contribution < -0.4 is 10.5 Å². The molecule has 120 valence electrons. The second-order valence-electron chi connectivity index (χ2n) is 4.03. The van der Waals surface area contributed by atoms with E-state index in [1.807, 2.05) is 0 Å². The fraction of sp³-hybridized carbons (Fsp3) is 0.556. The first-order valence-electron chi connectivity index (χ1n) is 5.50. The molecule has 0 saturated heterocycles. The molecule has 1 aromatic rings. The number of nitrogens with two attached hydrogens (primary N) is 1. The predicted octanol–water partition coefficient (Wildman–Crippen LogP) is -0.0250. The highest BCUT2D eigenvalue weighted by atomic mass is 32.2. The molecule has 0 aromatic carbocycles. The highest BCUT2D eigenvalue weighted by Gasteiger charge is 2.27. The summed E-state index contributed by atoms with van der Waals surface area (Å²) in [6, 6.07) is 0. The number of hydrogen-bond acceptors (Lipinski definition) is 5. The van der Waals surface area contributed by atoms with Crippen LogP contribution in [0.3, 0.4) is 0 Å². The maximum atomic E-state index is 11.8. The Balaban J connectivity index is 2.56. The molecule has 0 bridgehead atoms. The second-order valence-corrected chi connectivity index (χ2v) is 5.56. The standard InChI is InChI=1S/C9H13F3N4O4S/c1-16-4-6(21(13,18)19)8(15-16)14-7(17)2-3-20-5-9(10,11)12/h4H,2-3,5H2,1H3,(H2,13,18,19)(H,14,15,17). The van der Waals surface area contributed by atoms with Crippen molar-refractivity contribution in [1.29, 1.82) is 0 Å². The SMILES string of the molecule is Cn1cc(S(N)(=O)=O)c(NC(=O)CCOCC(F)(F)F)n1. The third-order valence-corrected chi connectivity index (χ3v) is 3.01. The Bertz CT molecular complexity index is 611. The predicted molar refractivity (Wildman–Crippen MR) is 64.7 cm³/mol. The molecular weight excluding hydrogens is 317 g/mol. The lowest BCUT2D eigenvalue weighted by Gasteiger charge is -2.07.